The molecule has 1 N–H and O–H groups in total. The van der Waals surface area contributed by atoms with Gasteiger partial charge in [0.1, 0.15) is 5.65 Å². The molecule has 0 spiro atoms. The fourth-order valence-electron chi connectivity index (χ4n) is 1.71. The highest BCUT2D eigenvalue weighted by Crippen LogP contribution is 2.27. The zero-order chi connectivity index (χ0) is 11.1. The summed E-state index contributed by atoms with van der Waals surface area (Å²) in [5, 5.41) is 1.02. The van der Waals surface area contributed by atoms with Crippen LogP contribution in [0.4, 0.5) is 0 Å². The minimum Gasteiger partial charge on any atom is -0.307 e. The number of nitrogens with one attached hydrogen (secondary N) is 1. The number of fused-ring (bicyclic) bond motifs is 1. The number of aromatic nitrogens is 2. The van der Waals surface area contributed by atoms with Gasteiger partial charge in [-0.1, -0.05) is 20.8 Å². The van der Waals surface area contributed by atoms with Gasteiger partial charge in [0.25, 0.3) is 0 Å². The number of hydrogen-bond donors (Lipinski definition) is 1. The molecule has 78 valence electrons. The number of H-pyrrole nitrogens is 1. The zero-order valence-corrected chi connectivity index (χ0v) is 9.16. The van der Waals surface area contributed by atoms with Crippen molar-refractivity contribution in [2.75, 3.05) is 0 Å². The molecule has 15 heavy (non-hydrogen) atoms. The highest BCUT2D eigenvalue weighted by atomic mass is 16.1. The van der Waals surface area contributed by atoms with Crippen molar-refractivity contribution in [3.05, 3.63) is 40.3 Å². The summed E-state index contributed by atoms with van der Waals surface area (Å²) in [6, 6.07) is 5.38. The average molecular weight is 202 g/mol. The predicted molar refractivity (Wildman–Crippen MR) is 61.1 cm³/mol. The molecule has 3 nitrogen and oxygen atoms in total. The van der Waals surface area contributed by atoms with Gasteiger partial charge in [-0.3, -0.25) is 4.79 Å². The highest BCUT2D eigenvalue weighted by Gasteiger charge is 2.16. The topological polar surface area (TPSA) is 45.8 Å². The van der Waals surface area contributed by atoms with Gasteiger partial charge in [0, 0.05) is 17.6 Å². The predicted octanol–water partition coefficient (Wildman–Crippen LogP) is 2.22. The third-order valence-electron chi connectivity index (χ3n) is 2.44. The van der Waals surface area contributed by atoms with E-state index in [0.29, 0.717) is 5.65 Å². The Labute approximate surface area is 88.2 Å². The average Bonchev–Trinajstić information content (AvgIpc) is 2.15. The molecular weight excluding hydrogens is 188 g/mol. The van der Waals surface area contributed by atoms with Crippen molar-refractivity contribution < 1.29 is 0 Å². The van der Waals surface area contributed by atoms with E-state index in [-0.39, 0.29) is 11.0 Å². The second-order valence-electron chi connectivity index (χ2n) is 4.69. The van der Waals surface area contributed by atoms with Crippen LogP contribution in [0, 0.1) is 0 Å². The number of hydrogen-bond acceptors (Lipinski definition) is 2. The molecule has 0 aliphatic heterocycles. The molecule has 2 aromatic rings. The van der Waals surface area contributed by atoms with Gasteiger partial charge < -0.3 is 4.98 Å². The van der Waals surface area contributed by atoms with E-state index in [9.17, 15) is 4.79 Å². The van der Waals surface area contributed by atoms with Gasteiger partial charge in [0.05, 0.1) is 0 Å². The molecule has 0 aliphatic carbocycles. The summed E-state index contributed by atoms with van der Waals surface area (Å²) in [4.78, 5) is 18.0. The summed E-state index contributed by atoms with van der Waals surface area (Å²) in [6.07, 6.45) is 1.73. The lowest BCUT2D eigenvalue weighted by atomic mass is 9.85. The summed E-state index contributed by atoms with van der Waals surface area (Å²) in [5.41, 5.74) is 1.80. The van der Waals surface area contributed by atoms with Crippen LogP contribution >= 0.6 is 0 Å². The minimum atomic E-state index is -0.110. The lowest BCUT2D eigenvalue weighted by Gasteiger charge is -2.20. The Morgan fingerprint density at radius 1 is 1.20 bits per heavy atom. The molecule has 0 bridgehead atoms. The van der Waals surface area contributed by atoms with Gasteiger partial charge in [-0.15, -0.1) is 0 Å². The molecular formula is C12H14N2O. The summed E-state index contributed by atoms with van der Waals surface area (Å²) < 4.78 is 0. The molecule has 2 heterocycles. The quantitative estimate of drug-likeness (QED) is 0.712. The van der Waals surface area contributed by atoms with Crippen LogP contribution in [-0.2, 0) is 5.41 Å². The standard InChI is InChI=1S/C12H14N2O/c1-12(2,3)9-6-7-13-11-8(9)4-5-10(15)14-11/h4-7H,1-3H3,(H,13,14,15). The normalized spacial score (nSPS) is 11.9. The number of nitrogens with zero attached hydrogens (tertiary/aromatic N) is 1. The van der Waals surface area contributed by atoms with Gasteiger partial charge in [-0.25, -0.2) is 4.98 Å². The first kappa shape index (κ1) is 9.90. The van der Waals surface area contributed by atoms with Crippen LogP contribution in [0.5, 0.6) is 0 Å². The lowest BCUT2D eigenvalue weighted by molar-refractivity contribution is 0.595. The maximum Gasteiger partial charge on any atom is 0.249 e. The van der Waals surface area contributed by atoms with Gasteiger partial charge in [0.15, 0.2) is 0 Å². The van der Waals surface area contributed by atoms with Crippen molar-refractivity contribution in [3.8, 4) is 0 Å². The van der Waals surface area contributed by atoms with Crippen molar-refractivity contribution >= 4 is 11.0 Å². The molecule has 0 radical (unpaired) electrons. The van der Waals surface area contributed by atoms with E-state index in [0.717, 1.165) is 5.39 Å². The van der Waals surface area contributed by atoms with E-state index < -0.39 is 0 Å². The molecule has 0 saturated carbocycles. The minimum absolute atomic E-state index is 0.0550. The zero-order valence-electron chi connectivity index (χ0n) is 9.16. The Morgan fingerprint density at radius 2 is 1.93 bits per heavy atom. The van der Waals surface area contributed by atoms with Crippen molar-refractivity contribution in [2.24, 2.45) is 0 Å². The van der Waals surface area contributed by atoms with E-state index in [2.05, 4.69) is 30.7 Å². The van der Waals surface area contributed by atoms with E-state index >= 15 is 0 Å². The van der Waals surface area contributed by atoms with Crippen LogP contribution in [0.15, 0.2) is 29.2 Å². The van der Waals surface area contributed by atoms with E-state index in [1.165, 1.54) is 5.56 Å². The molecule has 0 fully saturated rings. The Morgan fingerprint density at radius 3 is 2.60 bits per heavy atom. The first-order valence-corrected chi connectivity index (χ1v) is 4.97. The van der Waals surface area contributed by atoms with Gasteiger partial charge in [-0.05, 0) is 23.1 Å². The molecule has 0 unspecified atom stereocenters. The maximum atomic E-state index is 11.1. The molecule has 2 rings (SSSR count). The SMILES string of the molecule is CC(C)(C)c1ccnc2[nH]c(=O)ccc12. The Hall–Kier alpha value is -1.64. The van der Waals surface area contributed by atoms with Gasteiger partial charge in [-0.2, -0.15) is 0 Å². The first-order valence-electron chi connectivity index (χ1n) is 4.97. The second-order valence-corrected chi connectivity index (χ2v) is 4.69. The third-order valence-corrected chi connectivity index (χ3v) is 2.44. The Bertz CT molecular complexity index is 549. The fourth-order valence-corrected chi connectivity index (χ4v) is 1.71. The van der Waals surface area contributed by atoms with Crippen LogP contribution in [0.3, 0.4) is 0 Å². The van der Waals surface area contributed by atoms with Crippen molar-refractivity contribution in [3.63, 3.8) is 0 Å². The van der Waals surface area contributed by atoms with Crippen LogP contribution < -0.4 is 5.56 Å². The summed E-state index contributed by atoms with van der Waals surface area (Å²) in [7, 11) is 0. The van der Waals surface area contributed by atoms with Crippen molar-refractivity contribution in [2.45, 2.75) is 26.2 Å². The fraction of sp³-hybridized carbons (Fsp3) is 0.333. The van der Waals surface area contributed by atoms with Crippen molar-refractivity contribution in [1.29, 1.82) is 0 Å². The molecule has 2 aromatic heterocycles. The molecule has 0 atom stereocenters. The van der Waals surface area contributed by atoms with Crippen LogP contribution in [0.1, 0.15) is 26.3 Å². The highest BCUT2D eigenvalue weighted by molar-refractivity contribution is 5.79. The molecule has 0 amide bonds. The summed E-state index contributed by atoms with van der Waals surface area (Å²) >= 11 is 0. The lowest BCUT2D eigenvalue weighted by Crippen LogP contribution is -2.13. The largest absolute Gasteiger partial charge is 0.307 e. The number of aromatic amines is 1. The smallest absolute Gasteiger partial charge is 0.249 e. The monoisotopic (exact) mass is 202 g/mol. The first-order chi connectivity index (χ1) is 6.98. The summed E-state index contributed by atoms with van der Waals surface area (Å²) in [5.74, 6) is 0. The number of rotatable bonds is 0. The number of pyridine rings is 2. The van der Waals surface area contributed by atoms with E-state index in [1.807, 2.05) is 12.1 Å². The Kier molecular flexibility index (Phi) is 2.11. The molecule has 0 aromatic carbocycles. The van der Waals surface area contributed by atoms with Crippen LogP contribution in [0.2, 0.25) is 0 Å². The van der Waals surface area contributed by atoms with E-state index in [4.69, 9.17) is 0 Å². The van der Waals surface area contributed by atoms with Crippen LogP contribution in [-0.4, -0.2) is 9.97 Å². The van der Waals surface area contributed by atoms with Crippen LogP contribution in [0.25, 0.3) is 11.0 Å². The Balaban J connectivity index is 2.83. The second kappa shape index (κ2) is 3.19. The third kappa shape index (κ3) is 1.77. The molecule has 0 aliphatic rings. The van der Waals surface area contributed by atoms with Gasteiger partial charge in [0.2, 0.25) is 5.56 Å². The summed E-state index contributed by atoms with van der Waals surface area (Å²) in [6.45, 7) is 6.44. The maximum absolute atomic E-state index is 11.1. The van der Waals surface area contributed by atoms with Gasteiger partial charge >= 0.3 is 0 Å². The van der Waals surface area contributed by atoms with Crippen molar-refractivity contribution in [1.82, 2.24) is 9.97 Å². The van der Waals surface area contributed by atoms with E-state index in [1.54, 1.807) is 12.3 Å². The molecule has 0 saturated heterocycles. The molecule has 3 heteroatoms.